The van der Waals surface area contributed by atoms with Gasteiger partial charge in [-0.3, -0.25) is 14.5 Å². The van der Waals surface area contributed by atoms with E-state index in [2.05, 4.69) is 20.0 Å². The summed E-state index contributed by atoms with van der Waals surface area (Å²) >= 11 is 1.44. The number of thiazole rings is 1. The normalized spacial score (nSPS) is 11.2. The fourth-order valence-electron chi connectivity index (χ4n) is 3.19. The van der Waals surface area contributed by atoms with Gasteiger partial charge >= 0.3 is 0 Å². The average molecular weight is 479 g/mol. The number of aromatic nitrogens is 2. The second-order valence-corrected chi connectivity index (χ2v) is 10.1. The van der Waals surface area contributed by atoms with Gasteiger partial charge in [-0.05, 0) is 61.4 Å². The van der Waals surface area contributed by atoms with Gasteiger partial charge in [-0.25, -0.2) is 13.4 Å². The minimum absolute atomic E-state index is 0.0671. The molecule has 2 N–H and O–H groups in total. The third kappa shape index (κ3) is 5.63. The molecule has 2 heterocycles. The van der Waals surface area contributed by atoms with Crippen molar-refractivity contribution in [3.8, 4) is 10.6 Å². The van der Waals surface area contributed by atoms with Gasteiger partial charge in [0.2, 0.25) is 5.91 Å². The molecule has 0 aliphatic carbocycles. The van der Waals surface area contributed by atoms with Crippen LogP contribution in [0.4, 0.5) is 11.4 Å². The van der Waals surface area contributed by atoms with Crippen molar-refractivity contribution < 1.29 is 13.2 Å². The Morgan fingerprint density at radius 1 is 1.06 bits per heavy atom. The third-order valence-electron chi connectivity index (χ3n) is 4.87. The van der Waals surface area contributed by atoms with Gasteiger partial charge in [0.25, 0.3) is 10.0 Å². The van der Waals surface area contributed by atoms with Crippen molar-refractivity contribution in [2.24, 2.45) is 0 Å². The van der Waals surface area contributed by atoms with Gasteiger partial charge in [0.15, 0.2) is 0 Å². The molecule has 0 bridgehead atoms. The number of pyridine rings is 1. The fraction of sp³-hybridized carbons (Fsp3) is 0.125. The summed E-state index contributed by atoms with van der Waals surface area (Å²) in [4.78, 5) is 21.3. The number of nitrogens with zero attached hydrogens (tertiary/aromatic N) is 2. The third-order valence-corrected chi connectivity index (χ3v) is 7.18. The summed E-state index contributed by atoms with van der Waals surface area (Å²) in [5.41, 5.74) is 4.15. The van der Waals surface area contributed by atoms with E-state index in [4.69, 9.17) is 0 Å². The molecular weight excluding hydrogens is 456 g/mol. The highest BCUT2D eigenvalue weighted by Crippen LogP contribution is 2.25. The van der Waals surface area contributed by atoms with Crippen molar-refractivity contribution in [1.82, 2.24) is 9.97 Å². The monoisotopic (exact) mass is 478 g/mol. The molecule has 0 unspecified atom stereocenters. The van der Waals surface area contributed by atoms with Gasteiger partial charge in [-0.1, -0.05) is 18.2 Å². The van der Waals surface area contributed by atoms with Crippen LogP contribution in [0.5, 0.6) is 0 Å². The van der Waals surface area contributed by atoms with E-state index in [9.17, 15) is 13.2 Å². The fourth-order valence-corrected chi connectivity index (χ4v) is 5.08. The number of hydrogen-bond acceptors (Lipinski definition) is 6. The first-order chi connectivity index (χ1) is 15.8. The Kier molecular flexibility index (Phi) is 6.52. The van der Waals surface area contributed by atoms with Crippen LogP contribution >= 0.6 is 11.3 Å². The molecule has 0 saturated carbocycles. The van der Waals surface area contributed by atoms with Crippen LogP contribution in [0, 0.1) is 13.8 Å². The van der Waals surface area contributed by atoms with Crippen molar-refractivity contribution in [2.45, 2.75) is 25.2 Å². The number of rotatable bonds is 7. The largest absolute Gasteiger partial charge is 0.325 e. The molecular formula is C24H22N4O3S2. The molecule has 7 nitrogen and oxygen atoms in total. The number of carbonyl (C=O) groups excluding carboxylic acids is 1. The summed E-state index contributed by atoms with van der Waals surface area (Å²) in [6, 6.07) is 15.5. The lowest BCUT2D eigenvalue weighted by atomic mass is 10.2. The SMILES string of the molecule is Cc1cccc(NS(=O)(=O)c2ccc(C)c(NC(=O)Cc3csc(-c4cccnc4)n3)c2)c1. The molecule has 2 aromatic heterocycles. The van der Waals surface area contributed by atoms with E-state index >= 15 is 0 Å². The van der Waals surface area contributed by atoms with Gasteiger partial charge < -0.3 is 5.32 Å². The lowest BCUT2D eigenvalue weighted by Crippen LogP contribution is -2.17. The molecule has 0 aliphatic heterocycles. The first kappa shape index (κ1) is 22.6. The molecule has 0 spiro atoms. The molecule has 0 radical (unpaired) electrons. The van der Waals surface area contributed by atoms with E-state index < -0.39 is 10.0 Å². The number of anilines is 2. The minimum atomic E-state index is -3.81. The minimum Gasteiger partial charge on any atom is -0.325 e. The zero-order valence-corrected chi connectivity index (χ0v) is 19.7. The van der Waals surface area contributed by atoms with Crippen LogP contribution in [0.15, 0.2) is 77.3 Å². The van der Waals surface area contributed by atoms with E-state index in [-0.39, 0.29) is 17.2 Å². The molecule has 33 heavy (non-hydrogen) atoms. The zero-order valence-electron chi connectivity index (χ0n) is 18.1. The summed E-state index contributed by atoms with van der Waals surface area (Å²) in [5, 5.41) is 5.44. The number of hydrogen-bond donors (Lipinski definition) is 2. The number of amides is 1. The smallest absolute Gasteiger partial charge is 0.261 e. The van der Waals surface area contributed by atoms with E-state index in [0.29, 0.717) is 17.1 Å². The van der Waals surface area contributed by atoms with E-state index in [1.165, 1.54) is 23.5 Å². The first-order valence-corrected chi connectivity index (χ1v) is 12.5. The van der Waals surface area contributed by atoms with E-state index in [1.807, 2.05) is 37.4 Å². The van der Waals surface area contributed by atoms with Crippen LogP contribution in [0.1, 0.15) is 16.8 Å². The Labute approximate surface area is 196 Å². The Balaban J connectivity index is 1.48. The van der Waals surface area contributed by atoms with Crippen LogP contribution in [0.2, 0.25) is 0 Å². The first-order valence-electron chi connectivity index (χ1n) is 10.1. The highest BCUT2D eigenvalue weighted by Gasteiger charge is 2.17. The topological polar surface area (TPSA) is 101 Å². The van der Waals surface area contributed by atoms with Crippen molar-refractivity contribution in [1.29, 1.82) is 0 Å². The lowest BCUT2D eigenvalue weighted by Gasteiger charge is -2.12. The number of carbonyl (C=O) groups is 1. The average Bonchev–Trinajstić information content (AvgIpc) is 3.24. The Morgan fingerprint density at radius 2 is 1.91 bits per heavy atom. The van der Waals surface area contributed by atoms with E-state index in [1.54, 1.807) is 36.7 Å². The zero-order chi connectivity index (χ0) is 23.4. The molecule has 4 rings (SSSR count). The summed E-state index contributed by atoms with van der Waals surface area (Å²) in [7, 11) is -3.81. The van der Waals surface area contributed by atoms with Crippen molar-refractivity contribution in [2.75, 3.05) is 10.0 Å². The van der Waals surface area contributed by atoms with Crippen LogP contribution in [0.25, 0.3) is 10.6 Å². The van der Waals surface area contributed by atoms with Gasteiger partial charge in [-0.15, -0.1) is 11.3 Å². The number of benzene rings is 2. The highest BCUT2D eigenvalue weighted by atomic mass is 32.2. The molecule has 0 atom stereocenters. The predicted molar refractivity (Wildman–Crippen MR) is 131 cm³/mol. The van der Waals surface area contributed by atoms with Crippen molar-refractivity contribution in [3.63, 3.8) is 0 Å². The van der Waals surface area contributed by atoms with Crippen LogP contribution < -0.4 is 10.0 Å². The summed E-state index contributed by atoms with van der Waals surface area (Å²) in [5.74, 6) is -0.276. The molecule has 0 aliphatic rings. The molecule has 1 amide bonds. The number of sulfonamides is 1. The molecule has 168 valence electrons. The number of nitrogens with one attached hydrogen (secondary N) is 2. The molecule has 0 fully saturated rings. The Morgan fingerprint density at radius 3 is 2.67 bits per heavy atom. The second-order valence-electron chi connectivity index (χ2n) is 7.56. The van der Waals surface area contributed by atoms with Crippen LogP contribution in [-0.4, -0.2) is 24.3 Å². The van der Waals surface area contributed by atoms with E-state index in [0.717, 1.165) is 21.7 Å². The maximum absolute atomic E-state index is 12.9. The molecule has 2 aromatic carbocycles. The Hall–Kier alpha value is -3.56. The summed E-state index contributed by atoms with van der Waals surface area (Å²) in [6.07, 6.45) is 3.50. The molecule has 0 saturated heterocycles. The lowest BCUT2D eigenvalue weighted by molar-refractivity contribution is -0.115. The predicted octanol–water partition coefficient (Wildman–Crippen LogP) is 4.80. The van der Waals surface area contributed by atoms with Gasteiger partial charge in [-0.2, -0.15) is 0 Å². The van der Waals surface area contributed by atoms with Gasteiger partial charge in [0, 0.05) is 34.7 Å². The summed E-state index contributed by atoms with van der Waals surface area (Å²) < 4.78 is 28.3. The second kappa shape index (κ2) is 9.51. The van der Waals surface area contributed by atoms with Crippen molar-refractivity contribution in [3.05, 3.63) is 89.2 Å². The van der Waals surface area contributed by atoms with Gasteiger partial charge in [0.1, 0.15) is 5.01 Å². The quantitative estimate of drug-likeness (QED) is 0.397. The molecule has 9 heteroatoms. The van der Waals surface area contributed by atoms with Crippen LogP contribution in [0.3, 0.4) is 0 Å². The molecule has 4 aromatic rings. The maximum Gasteiger partial charge on any atom is 0.261 e. The number of aryl methyl sites for hydroxylation is 2. The highest BCUT2D eigenvalue weighted by molar-refractivity contribution is 7.92. The van der Waals surface area contributed by atoms with Gasteiger partial charge in [0.05, 0.1) is 17.0 Å². The van der Waals surface area contributed by atoms with Crippen molar-refractivity contribution >= 4 is 38.6 Å². The maximum atomic E-state index is 12.9. The van der Waals surface area contributed by atoms with Crippen LogP contribution in [-0.2, 0) is 21.2 Å². The summed E-state index contributed by atoms with van der Waals surface area (Å²) in [6.45, 7) is 3.70. The Bertz CT molecular complexity index is 1400. The standard InChI is InChI=1S/C24H22N4O3S2/c1-16-5-3-7-19(11-16)28-33(30,31)21-9-8-17(2)22(13-21)27-23(29)12-20-15-32-24(26-20)18-6-4-10-25-14-18/h3-11,13-15,28H,12H2,1-2H3,(H,27,29).